The number of methoxy groups -OCH3 is 2. The summed E-state index contributed by atoms with van der Waals surface area (Å²) in [5, 5.41) is 5.40. The number of nitrogens with zero attached hydrogens (tertiary/aromatic N) is 4. The van der Waals surface area contributed by atoms with Gasteiger partial charge in [0.25, 0.3) is 0 Å². The minimum absolute atomic E-state index is 0.360. The monoisotopic (exact) mass is 415 g/mol. The molecular formula is C21H26ClN5O2. The highest BCUT2D eigenvalue weighted by Crippen LogP contribution is 2.39. The standard InChI is InChI=1S/C21H26ClN5O2/c1-4-9-26(12-13-5-6-13)21-19(29-3)20(23)24-18-11-17(25-27(18)21)15-8-7-14(28-2)10-16(15)22/h7-8,10-11,13H,4-6,9,12H2,1-3H3,(H2,23,24). The van der Waals surface area contributed by atoms with Crippen molar-refractivity contribution in [3.05, 3.63) is 29.3 Å². The fourth-order valence-electron chi connectivity index (χ4n) is 3.59. The van der Waals surface area contributed by atoms with Gasteiger partial charge in [0.2, 0.25) is 5.75 Å². The Kier molecular flexibility index (Phi) is 5.41. The third-order valence-electron chi connectivity index (χ3n) is 5.19. The highest BCUT2D eigenvalue weighted by atomic mass is 35.5. The molecule has 0 amide bonds. The minimum Gasteiger partial charge on any atom is -0.497 e. The van der Waals surface area contributed by atoms with Crippen LogP contribution in [0.4, 0.5) is 11.6 Å². The molecule has 7 nitrogen and oxygen atoms in total. The van der Waals surface area contributed by atoms with E-state index < -0.39 is 0 Å². The summed E-state index contributed by atoms with van der Waals surface area (Å²) in [5.41, 5.74) is 8.45. The molecule has 2 heterocycles. The smallest absolute Gasteiger partial charge is 0.204 e. The summed E-state index contributed by atoms with van der Waals surface area (Å²) in [6, 6.07) is 7.44. The lowest BCUT2D eigenvalue weighted by atomic mass is 10.1. The molecule has 1 aliphatic carbocycles. The van der Waals surface area contributed by atoms with E-state index in [1.807, 2.05) is 22.7 Å². The van der Waals surface area contributed by atoms with Crippen LogP contribution in [0.3, 0.4) is 0 Å². The van der Waals surface area contributed by atoms with E-state index in [0.717, 1.165) is 36.6 Å². The number of hydrogen-bond donors (Lipinski definition) is 1. The molecule has 1 saturated carbocycles. The van der Waals surface area contributed by atoms with Gasteiger partial charge in [-0.2, -0.15) is 9.61 Å². The molecular weight excluding hydrogens is 390 g/mol. The van der Waals surface area contributed by atoms with Crippen LogP contribution in [0.25, 0.3) is 16.9 Å². The van der Waals surface area contributed by atoms with Crippen molar-refractivity contribution in [1.82, 2.24) is 14.6 Å². The van der Waals surface area contributed by atoms with Crippen molar-refractivity contribution in [1.29, 1.82) is 0 Å². The van der Waals surface area contributed by atoms with Crippen LogP contribution in [0.5, 0.6) is 11.5 Å². The highest BCUT2D eigenvalue weighted by molar-refractivity contribution is 6.33. The first kappa shape index (κ1) is 19.6. The summed E-state index contributed by atoms with van der Waals surface area (Å²) in [7, 11) is 3.23. The number of nitrogen functional groups attached to an aromatic ring is 1. The predicted octanol–water partition coefficient (Wildman–Crippen LogP) is 4.28. The van der Waals surface area contributed by atoms with E-state index in [1.165, 1.54) is 12.8 Å². The first-order valence-corrected chi connectivity index (χ1v) is 10.3. The number of rotatable bonds is 8. The number of hydrogen-bond acceptors (Lipinski definition) is 6. The van der Waals surface area contributed by atoms with Crippen molar-refractivity contribution >= 4 is 28.9 Å². The molecule has 1 fully saturated rings. The Balaban J connectivity index is 1.87. The molecule has 0 bridgehead atoms. The highest BCUT2D eigenvalue weighted by Gasteiger charge is 2.28. The van der Waals surface area contributed by atoms with E-state index in [2.05, 4.69) is 16.8 Å². The second kappa shape index (κ2) is 7.99. The van der Waals surface area contributed by atoms with Gasteiger partial charge in [-0.15, -0.1) is 0 Å². The zero-order chi connectivity index (χ0) is 20.5. The number of fused-ring (bicyclic) bond motifs is 1. The quantitative estimate of drug-likeness (QED) is 0.591. The molecule has 8 heteroatoms. The van der Waals surface area contributed by atoms with E-state index >= 15 is 0 Å². The molecule has 0 spiro atoms. The number of anilines is 2. The van der Waals surface area contributed by atoms with Gasteiger partial charge in [-0.1, -0.05) is 18.5 Å². The molecule has 1 aromatic carbocycles. The number of nitrogens with two attached hydrogens (primary N) is 1. The Bertz CT molecular complexity index is 1030. The lowest BCUT2D eigenvalue weighted by Crippen LogP contribution is -2.29. The van der Waals surface area contributed by atoms with Crippen LogP contribution in [-0.2, 0) is 0 Å². The number of halogens is 1. The maximum atomic E-state index is 6.48. The van der Waals surface area contributed by atoms with Gasteiger partial charge >= 0.3 is 0 Å². The molecule has 2 aromatic heterocycles. The lowest BCUT2D eigenvalue weighted by Gasteiger charge is -2.26. The number of ether oxygens (including phenoxy) is 2. The summed E-state index contributed by atoms with van der Waals surface area (Å²) < 4.78 is 12.7. The fourth-order valence-corrected chi connectivity index (χ4v) is 3.86. The zero-order valence-corrected chi connectivity index (χ0v) is 17.7. The molecule has 2 N–H and O–H groups in total. The summed E-state index contributed by atoms with van der Waals surface area (Å²) in [4.78, 5) is 6.83. The van der Waals surface area contributed by atoms with Crippen LogP contribution in [0, 0.1) is 5.92 Å². The van der Waals surface area contributed by atoms with Crippen LogP contribution in [0.15, 0.2) is 24.3 Å². The summed E-state index contributed by atoms with van der Waals surface area (Å²) in [5.74, 6) is 3.17. The minimum atomic E-state index is 0.360. The summed E-state index contributed by atoms with van der Waals surface area (Å²) >= 11 is 6.48. The fraction of sp³-hybridized carbons (Fsp3) is 0.429. The van der Waals surface area contributed by atoms with Gasteiger partial charge in [-0.05, 0) is 43.4 Å². The molecule has 1 aliphatic rings. The van der Waals surface area contributed by atoms with Crippen molar-refractivity contribution in [3.63, 3.8) is 0 Å². The third-order valence-corrected chi connectivity index (χ3v) is 5.50. The lowest BCUT2D eigenvalue weighted by molar-refractivity contribution is 0.411. The molecule has 154 valence electrons. The van der Waals surface area contributed by atoms with Crippen LogP contribution in [-0.4, -0.2) is 41.9 Å². The van der Waals surface area contributed by atoms with Gasteiger partial charge in [0.15, 0.2) is 17.3 Å². The average molecular weight is 416 g/mol. The predicted molar refractivity (Wildman–Crippen MR) is 116 cm³/mol. The maximum absolute atomic E-state index is 6.48. The molecule has 0 saturated heterocycles. The molecule has 0 unspecified atom stereocenters. The van der Waals surface area contributed by atoms with Crippen molar-refractivity contribution in [3.8, 4) is 22.8 Å². The third kappa shape index (κ3) is 3.79. The molecule has 3 aromatic rings. The molecule has 0 atom stereocenters. The van der Waals surface area contributed by atoms with E-state index in [0.29, 0.717) is 33.9 Å². The van der Waals surface area contributed by atoms with Gasteiger partial charge in [-0.25, -0.2) is 4.98 Å². The van der Waals surface area contributed by atoms with E-state index in [9.17, 15) is 0 Å². The summed E-state index contributed by atoms with van der Waals surface area (Å²) in [6.45, 7) is 4.02. The zero-order valence-electron chi connectivity index (χ0n) is 17.0. The SMILES string of the molecule is CCCN(CC1CC1)c1c(OC)c(N)nc2cc(-c3ccc(OC)cc3Cl)nn12. The summed E-state index contributed by atoms with van der Waals surface area (Å²) in [6.07, 6.45) is 3.54. The van der Waals surface area contributed by atoms with Crippen LogP contribution < -0.4 is 20.1 Å². The Morgan fingerprint density at radius 1 is 1.24 bits per heavy atom. The topological polar surface area (TPSA) is 77.9 Å². The van der Waals surface area contributed by atoms with Crippen molar-refractivity contribution in [2.75, 3.05) is 37.9 Å². The second-order valence-electron chi connectivity index (χ2n) is 7.39. The van der Waals surface area contributed by atoms with Crippen LogP contribution in [0.1, 0.15) is 26.2 Å². The first-order chi connectivity index (χ1) is 14.0. The Hall–Kier alpha value is -2.67. The Morgan fingerprint density at radius 3 is 2.66 bits per heavy atom. The molecule has 0 aliphatic heterocycles. The largest absolute Gasteiger partial charge is 0.497 e. The average Bonchev–Trinajstić information content (AvgIpc) is 3.43. The van der Waals surface area contributed by atoms with Crippen LogP contribution >= 0.6 is 11.6 Å². The normalized spacial score (nSPS) is 13.7. The molecule has 0 radical (unpaired) electrons. The van der Waals surface area contributed by atoms with Gasteiger partial charge < -0.3 is 20.1 Å². The van der Waals surface area contributed by atoms with Crippen LogP contribution in [0.2, 0.25) is 5.02 Å². The Morgan fingerprint density at radius 2 is 2.03 bits per heavy atom. The second-order valence-corrected chi connectivity index (χ2v) is 7.80. The van der Waals surface area contributed by atoms with Gasteiger partial charge in [0, 0.05) is 24.7 Å². The Labute approximate surface area is 175 Å². The first-order valence-electron chi connectivity index (χ1n) is 9.87. The van der Waals surface area contributed by atoms with Gasteiger partial charge in [-0.3, -0.25) is 0 Å². The van der Waals surface area contributed by atoms with Gasteiger partial charge in [0.05, 0.1) is 24.9 Å². The van der Waals surface area contributed by atoms with Crippen molar-refractivity contribution in [2.24, 2.45) is 5.92 Å². The van der Waals surface area contributed by atoms with Gasteiger partial charge in [0.1, 0.15) is 5.75 Å². The van der Waals surface area contributed by atoms with E-state index in [1.54, 1.807) is 20.3 Å². The van der Waals surface area contributed by atoms with Crippen molar-refractivity contribution < 1.29 is 9.47 Å². The maximum Gasteiger partial charge on any atom is 0.204 e. The molecule has 29 heavy (non-hydrogen) atoms. The molecule has 4 rings (SSSR count). The van der Waals surface area contributed by atoms with E-state index in [-0.39, 0.29) is 0 Å². The van der Waals surface area contributed by atoms with Crippen molar-refractivity contribution in [2.45, 2.75) is 26.2 Å². The number of aromatic nitrogens is 3. The van der Waals surface area contributed by atoms with E-state index in [4.69, 9.17) is 31.9 Å². The number of benzene rings is 1.